The molecule has 0 bridgehead atoms. The molecule has 3 N–H and O–H groups in total. The summed E-state index contributed by atoms with van der Waals surface area (Å²) in [5.41, 5.74) is 8.26. The molecule has 0 radical (unpaired) electrons. The van der Waals surface area contributed by atoms with Crippen LogP contribution in [0.15, 0.2) is 39.7 Å². The zero-order valence-electron chi connectivity index (χ0n) is 19.2. The van der Waals surface area contributed by atoms with Crippen molar-refractivity contribution in [2.45, 2.75) is 42.5 Å². The number of ether oxygens (including phenoxy) is 1. The number of hydrogen-bond donors (Lipinski definition) is 2. The second kappa shape index (κ2) is 8.63. The molecular formula is C24H26N6O4S. The Balaban J connectivity index is 1.26. The molecule has 4 heterocycles. The molecule has 2 aliphatic heterocycles. The Kier molecular flexibility index (Phi) is 5.43. The molecular weight excluding hydrogens is 468 g/mol. The molecule has 1 aromatic carbocycles. The molecule has 6 rings (SSSR count). The summed E-state index contributed by atoms with van der Waals surface area (Å²) in [4.78, 5) is 28.2. The lowest BCUT2D eigenvalue weighted by molar-refractivity contribution is 0.101. The highest BCUT2D eigenvalue weighted by Crippen LogP contribution is 2.39. The number of nitrogens with two attached hydrogens (primary N) is 1. The van der Waals surface area contributed by atoms with Crippen LogP contribution in [0.2, 0.25) is 0 Å². The lowest BCUT2D eigenvalue weighted by atomic mass is 9.77. The molecule has 3 aliphatic rings. The van der Waals surface area contributed by atoms with Gasteiger partial charge in [0.05, 0.1) is 22.0 Å². The van der Waals surface area contributed by atoms with E-state index in [9.17, 15) is 9.00 Å². The average molecular weight is 495 g/mol. The third kappa shape index (κ3) is 4.13. The van der Waals surface area contributed by atoms with Crippen molar-refractivity contribution in [2.75, 3.05) is 35.7 Å². The Bertz CT molecular complexity index is 1330. The average Bonchev–Trinajstić information content (AvgIpc) is 3.44. The fourth-order valence-electron chi connectivity index (χ4n) is 4.83. The first-order chi connectivity index (χ1) is 17.0. The predicted molar refractivity (Wildman–Crippen MR) is 132 cm³/mol. The van der Waals surface area contributed by atoms with Gasteiger partial charge in [-0.2, -0.15) is 4.98 Å². The molecule has 11 heteroatoms. The quantitative estimate of drug-likeness (QED) is 0.530. The minimum absolute atomic E-state index is 0.156. The van der Waals surface area contributed by atoms with E-state index >= 15 is 0 Å². The summed E-state index contributed by atoms with van der Waals surface area (Å²) in [6.07, 6.45) is 5.35. The summed E-state index contributed by atoms with van der Waals surface area (Å²) in [5, 5.41) is 3.46. The number of amides is 1. The summed E-state index contributed by atoms with van der Waals surface area (Å²) < 4.78 is 23.8. The molecule has 2 aromatic heterocycles. The lowest BCUT2D eigenvalue weighted by Crippen LogP contribution is -2.50. The zero-order valence-corrected chi connectivity index (χ0v) is 20.0. The van der Waals surface area contributed by atoms with Crippen molar-refractivity contribution in [3.05, 3.63) is 41.9 Å². The SMILES string of the molecule is NC(=O)OCC1(Nc2nc(N3CC=C(c4nc5ccccc5o4)CC3)nc3c2[S@](=O)CC3)CCC1. The Hall–Kier alpha value is -3.47. The summed E-state index contributed by atoms with van der Waals surface area (Å²) >= 11 is 0. The number of para-hydroxylation sites is 2. The van der Waals surface area contributed by atoms with Crippen LogP contribution in [-0.4, -0.2) is 56.2 Å². The van der Waals surface area contributed by atoms with E-state index in [2.05, 4.69) is 21.3 Å². The van der Waals surface area contributed by atoms with Crippen LogP contribution < -0.4 is 16.0 Å². The van der Waals surface area contributed by atoms with Crippen molar-refractivity contribution in [2.24, 2.45) is 5.73 Å². The molecule has 3 aromatic rings. The molecule has 35 heavy (non-hydrogen) atoms. The van der Waals surface area contributed by atoms with E-state index in [0.29, 0.717) is 47.8 Å². The highest BCUT2D eigenvalue weighted by Gasteiger charge is 2.40. The molecule has 1 amide bonds. The van der Waals surface area contributed by atoms with Crippen molar-refractivity contribution in [1.29, 1.82) is 0 Å². The molecule has 0 unspecified atom stereocenters. The van der Waals surface area contributed by atoms with Crippen LogP contribution in [0.4, 0.5) is 16.6 Å². The van der Waals surface area contributed by atoms with Crippen molar-refractivity contribution >= 4 is 45.3 Å². The first-order valence-corrected chi connectivity index (χ1v) is 13.1. The topological polar surface area (TPSA) is 136 Å². The van der Waals surface area contributed by atoms with E-state index in [1.807, 2.05) is 24.3 Å². The zero-order chi connectivity index (χ0) is 24.0. The second-order valence-electron chi connectivity index (χ2n) is 9.23. The smallest absolute Gasteiger partial charge is 0.404 e. The van der Waals surface area contributed by atoms with Crippen LogP contribution in [-0.2, 0) is 22.0 Å². The van der Waals surface area contributed by atoms with Crippen LogP contribution in [0.5, 0.6) is 0 Å². The standard InChI is InChI=1S/C24H26N6O4S/c25-22(31)33-14-24(9-3-10-24)29-20-19-17(8-13-35(19)32)27-23(28-20)30-11-6-15(7-12-30)21-26-16-4-1-2-5-18(16)34-21/h1-2,4-6H,3,7-14H2,(H2,25,31)(H,27,28,29)/t35-/m1/s1. The van der Waals surface area contributed by atoms with E-state index in [1.54, 1.807) is 0 Å². The Morgan fingerprint density at radius 3 is 2.80 bits per heavy atom. The predicted octanol–water partition coefficient (Wildman–Crippen LogP) is 3.01. The molecule has 0 saturated heterocycles. The van der Waals surface area contributed by atoms with Gasteiger partial charge in [-0.15, -0.1) is 0 Å². The number of rotatable bonds is 6. The molecule has 1 aliphatic carbocycles. The summed E-state index contributed by atoms with van der Waals surface area (Å²) in [7, 11) is -1.16. The Morgan fingerprint density at radius 2 is 2.09 bits per heavy atom. The van der Waals surface area contributed by atoms with Crippen molar-refractivity contribution in [1.82, 2.24) is 15.0 Å². The minimum atomic E-state index is -1.16. The van der Waals surface area contributed by atoms with Crippen molar-refractivity contribution in [3.8, 4) is 0 Å². The van der Waals surface area contributed by atoms with Crippen LogP contribution in [0, 0.1) is 0 Å². The number of aromatic nitrogens is 3. The van der Waals surface area contributed by atoms with Crippen LogP contribution in [0.1, 0.15) is 37.3 Å². The highest BCUT2D eigenvalue weighted by atomic mass is 32.2. The first kappa shape index (κ1) is 22.0. The van der Waals surface area contributed by atoms with E-state index in [4.69, 9.17) is 24.9 Å². The third-order valence-corrected chi connectivity index (χ3v) is 8.38. The molecule has 1 fully saturated rings. The van der Waals surface area contributed by atoms with Gasteiger partial charge >= 0.3 is 6.09 Å². The van der Waals surface area contributed by atoms with Crippen molar-refractivity contribution in [3.63, 3.8) is 0 Å². The Labute approximate surface area is 204 Å². The highest BCUT2D eigenvalue weighted by molar-refractivity contribution is 7.85. The number of nitrogens with zero attached hydrogens (tertiary/aromatic N) is 4. The lowest BCUT2D eigenvalue weighted by Gasteiger charge is -2.42. The normalized spacial score (nSPS) is 20.7. The van der Waals surface area contributed by atoms with E-state index in [-0.39, 0.29) is 6.61 Å². The number of anilines is 2. The van der Waals surface area contributed by atoms with Gasteiger partial charge in [0.25, 0.3) is 0 Å². The molecule has 1 saturated carbocycles. The number of nitrogens with one attached hydrogen (secondary N) is 1. The number of hydrogen-bond acceptors (Lipinski definition) is 9. The monoisotopic (exact) mass is 494 g/mol. The second-order valence-corrected chi connectivity index (χ2v) is 10.7. The minimum Gasteiger partial charge on any atom is -0.447 e. The summed E-state index contributed by atoms with van der Waals surface area (Å²) in [5.74, 6) is 2.36. The molecule has 10 nitrogen and oxygen atoms in total. The number of fused-ring (bicyclic) bond motifs is 2. The number of carbonyl (C=O) groups excluding carboxylic acids is 1. The number of carbonyl (C=O) groups is 1. The van der Waals surface area contributed by atoms with E-state index in [0.717, 1.165) is 48.1 Å². The van der Waals surface area contributed by atoms with Gasteiger partial charge < -0.3 is 25.1 Å². The number of oxazole rings is 1. The third-order valence-electron chi connectivity index (χ3n) is 6.92. The van der Waals surface area contributed by atoms with Gasteiger partial charge in [-0.1, -0.05) is 18.2 Å². The maximum Gasteiger partial charge on any atom is 0.404 e. The fourth-order valence-corrected chi connectivity index (χ4v) is 6.14. The Morgan fingerprint density at radius 1 is 1.23 bits per heavy atom. The number of aryl methyl sites for hydroxylation is 1. The summed E-state index contributed by atoms with van der Waals surface area (Å²) in [6, 6.07) is 7.75. The van der Waals surface area contributed by atoms with Gasteiger partial charge in [0.2, 0.25) is 11.8 Å². The van der Waals surface area contributed by atoms with Gasteiger partial charge in [0.15, 0.2) is 5.58 Å². The molecule has 182 valence electrons. The van der Waals surface area contributed by atoms with Crippen LogP contribution in [0.3, 0.4) is 0 Å². The molecule has 0 spiro atoms. The van der Waals surface area contributed by atoms with Gasteiger partial charge in [-0.25, -0.2) is 14.8 Å². The first-order valence-electron chi connectivity index (χ1n) is 11.8. The van der Waals surface area contributed by atoms with E-state index < -0.39 is 22.4 Å². The van der Waals surface area contributed by atoms with Crippen molar-refractivity contribution < 1.29 is 18.2 Å². The van der Waals surface area contributed by atoms with Gasteiger partial charge in [-0.3, -0.25) is 4.21 Å². The van der Waals surface area contributed by atoms with Crippen LogP contribution in [0.25, 0.3) is 16.7 Å². The number of primary amides is 1. The summed E-state index contributed by atoms with van der Waals surface area (Å²) in [6.45, 7) is 1.48. The molecule has 1 atom stereocenters. The largest absolute Gasteiger partial charge is 0.447 e. The number of benzene rings is 1. The van der Waals surface area contributed by atoms with Gasteiger partial charge in [-0.05, 0) is 37.8 Å². The maximum atomic E-state index is 12.8. The van der Waals surface area contributed by atoms with Gasteiger partial charge in [0, 0.05) is 30.8 Å². The van der Waals surface area contributed by atoms with E-state index in [1.165, 1.54) is 0 Å². The van der Waals surface area contributed by atoms with Gasteiger partial charge in [0.1, 0.15) is 22.8 Å². The van der Waals surface area contributed by atoms with Crippen LogP contribution >= 0.6 is 0 Å². The fraction of sp³-hybridized carbons (Fsp3) is 0.417. The maximum absolute atomic E-state index is 12.8.